The van der Waals surface area contributed by atoms with Gasteiger partial charge in [-0.25, -0.2) is 14.6 Å². The highest BCUT2D eigenvalue weighted by molar-refractivity contribution is 5.90. The van der Waals surface area contributed by atoms with Gasteiger partial charge >= 0.3 is 0 Å². The summed E-state index contributed by atoms with van der Waals surface area (Å²) in [5.41, 5.74) is 12.1. The van der Waals surface area contributed by atoms with Gasteiger partial charge in [-0.1, -0.05) is 30.3 Å². The highest BCUT2D eigenvalue weighted by Crippen LogP contribution is 2.32. The maximum absolute atomic E-state index is 6.24. The highest BCUT2D eigenvalue weighted by Gasteiger charge is 2.22. The van der Waals surface area contributed by atoms with Gasteiger partial charge in [-0.2, -0.15) is 5.10 Å². The number of fused-ring (bicyclic) bond motifs is 2. The van der Waals surface area contributed by atoms with Crippen molar-refractivity contribution in [3.05, 3.63) is 53.5 Å². The number of rotatable bonds is 4. The zero-order chi connectivity index (χ0) is 18.2. The first-order valence-corrected chi connectivity index (χ1v) is 9.73. The zero-order valence-corrected chi connectivity index (χ0v) is 15.4. The molecule has 0 amide bonds. The summed E-state index contributed by atoms with van der Waals surface area (Å²) in [6.07, 6.45) is 7.97. The van der Waals surface area contributed by atoms with Crippen LogP contribution in [0.15, 0.2) is 36.7 Å². The molecule has 1 aromatic carbocycles. The van der Waals surface area contributed by atoms with E-state index in [1.54, 1.807) is 6.33 Å². The molecular weight excluding hydrogens is 336 g/mol. The molecule has 2 aromatic heterocycles. The lowest BCUT2D eigenvalue weighted by molar-refractivity contribution is 0.324. The smallest absolute Gasteiger partial charge is 0.163 e. The van der Waals surface area contributed by atoms with E-state index in [4.69, 9.17) is 10.8 Å². The third-order valence-corrected chi connectivity index (χ3v) is 5.81. The zero-order valence-electron chi connectivity index (χ0n) is 15.4. The van der Waals surface area contributed by atoms with E-state index < -0.39 is 0 Å². The number of hydrogen-bond donors (Lipinski definition) is 2. The molecule has 1 aliphatic carbocycles. The molecule has 1 saturated heterocycles. The summed E-state index contributed by atoms with van der Waals surface area (Å²) in [5, 5.41) is 9.29. The topological polar surface area (TPSA) is 81.7 Å². The molecule has 5 rings (SSSR count). The fourth-order valence-corrected chi connectivity index (χ4v) is 4.37. The number of nitrogens with zero attached hydrogens (tertiary/aromatic N) is 4. The molecule has 1 fully saturated rings. The molecule has 27 heavy (non-hydrogen) atoms. The number of nitrogens with two attached hydrogens (primary N) is 1. The lowest BCUT2D eigenvalue weighted by Crippen LogP contribution is -2.30. The minimum Gasteiger partial charge on any atom is -0.383 e. The van der Waals surface area contributed by atoms with Crippen LogP contribution in [0.4, 0.5) is 5.82 Å². The van der Waals surface area contributed by atoms with Crippen LogP contribution in [0.5, 0.6) is 0 Å². The van der Waals surface area contributed by atoms with Gasteiger partial charge in [0.1, 0.15) is 12.1 Å². The average Bonchev–Trinajstić information content (AvgIpc) is 3.26. The van der Waals surface area contributed by atoms with E-state index in [1.807, 2.05) is 0 Å². The molecule has 2 aliphatic rings. The van der Waals surface area contributed by atoms with Crippen molar-refractivity contribution in [1.29, 1.82) is 0 Å². The molecule has 6 nitrogen and oxygen atoms in total. The number of aromatic nitrogens is 4. The molecule has 3 heterocycles. The van der Waals surface area contributed by atoms with Crippen LogP contribution in [0, 0.1) is 5.92 Å². The summed E-state index contributed by atoms with van der Waals surface area (Å²) in [4.78, 5) is 8.75. The van der Waals surface area contributed by atoms with Crippen molar-refractivity contribution in [2.75, 3.05) is 18.8 Å². The van der Waals surface area contributed by atoms with Crippen molar-refractivity contribution in [1.82, 2.24) is 25.1 Å². The minimum absolute atomic E-state index is 0.526. The van der Waals surface area contributed by atoms with Crippen molar-refractivity contribution in [2.45, 2.75) is 32.2 Å². The molecule has 0 saturated carbocycles. The van der Waals surface area contributed by atoms with Crippen molar-refractivity contribution < 1.29 is 0 Å². The molecule has 3 aromatic rings. The van der Waals surface area contributed by atoms with Gasteiger partial charge in [0, 0.05) is 13.0 Å². The molecule has 0 atom stereocenters. The van der Waals surface area contributed by atoms with Crippen molar-refractivity contribution in [3.63, 3.8) is 0 Å². The van der Waals surface area contributed by atoms with Crippen molar-refractivity contribution in [3.8, 4) is 0 Å². The quantitative estimate of drug-likeness (QED) is 0.747. The van der Waals surface area contributed by atoms with Gasteiger partial charge < -0.3 is 11.1 Å². The number of hydrogen-bond acceptors (Lipinski definition) is 5. The average molecular weight is 360 g/mol. The van der Waals surface area contributed by atoms with Gasteiger partial charge in [0.15, 0.2) is 5.65 Å². The Morgan fingerprint density at radius 2 is 2.00 bits per heavy atom. The molecule has 3 N–H and O–H groups in total. The number of anilines is 1. The first-order valence-electron chi connectivity index (χ1n) is 9.73. The monoisotopic (exact) mass is 360 g/mol. The second kappa shape index (κ2) is 6.78. The van der Waals surface area contributed by atoms with E-state index in [2.05, 4.69) is 50.3 Å². The van der Waals surface area contributed by atoms with E-state index in [9.17, 15) is 0 Å². The molecule has 0 spiro atoms. The molecular formula is C21H24N6. The van der Waals surface area contributed by atoms with Gasteiger partial charge in [-0.05, 0) is 55.0 Å². The van der Waals surface area contributed by atoms with Gasteiger partial charge in [-0.15, -0.1) is 0 Å². The Balaban J connectivity index is 1.51. The van der Waals surface area contributed by atoms with E-state index in [0.717, 1.165) is 49.2 Å². The summed E-state index contributed by atoms with van der Waals surface area (Å²) >= 11 is 0. The van der Waals surface area contributed by atoms with Crippen LogP contribution in [-0.4, -0.2) is 32.8 Å². The fourth-order valence-electron chi connectivity index (χ4n) is 4.37. The highest BCUT2D eigenvalue weighted by atomic mass is 15.3. The van der Waals surface area contributed by atoms with E-state index in [-0.39, 0.29) is 0 Å². The van der Waals surface area contributed by atoms with E-state index in [0.29, 0.717) is 11.7 Å². The molecule has 6 heteroatoms. The van der Waals surface area contributed by atoms with Crippen molar-refractivity contribution >= 4 is 22.4 Å². The van der Waals surface area contributed by atoms with Gasteiger partial charge in [0.2, 0.25) is 0 Å². The van der Waals surface area contributed by atoms with Crippen LogP contribution >= 0.6 is 0 Å². The fraction of sp³-hybridized carbons (Fsp3) is 0.381. The predicted octanol–water partition coefficient (Wildman–Crippen LogP) is 2.59. The molecule has 0 unspecified atom stereocenters. The molecule has 0 bridgehead atoms. The maximum Gasteiger partial charge on any atom is 0.163 e. The Kier molecular flexibility index (Phi) is 4.13. The third-order valence-electron chi connectivity index (χ3n) is 5.81. The number of nitrogens with one attached hydrogen (secondary N) is 1. The Hall–Kier alpha value is -2.73. The van der Waals surface area contributed by atoms with Crippen LogP contribution in [0.25, 0.3) is 16.6 Å². The SMILES string of the molecule is Nc1ncnc2c1c(CC1=CCc3ccccc31)nn2CC1CCNCC1. The van der Waals surface area contributed by atoms with Gasteiger partial charge in [0.25, 0.3) is 0 Å². The Labute approximate surface area is 158 Å². The first kappa shape index (κ1) is 16.4. The second-order valence-corrected chi connectivity index (χ2v) is 7.55. The van der Waals surface area contributed by atoms with Crippen LogP contribution in [-0.2, 0) is 19.4 Å². The standard InChI is InChI=1S/C21H24N6/c22-20-19-18(11-16-6-5-15-3-1-2-4-17(15)16)26-27(21(19)25-13-24-20)12-14-7-9-23-10-8-14/h1-4,6,13-14,23H,5,7-12H2,(H2,22,24,25). The van der Waals surface area contributed by atoms with Crippen molar-refractivity contribution in [2.24, 2.45) is 5.92 Å². The van der Waals surface area contributed by atoms with Crippen LogP contribution in [0.1, 0.15) is 29.7 Å². The minimum atomic E-state index is 0.526. The predicted molar refractivity (Wildman–Crippen MR) is 107 cm³/mol. The number of benzene rings is 1. The summed E-state index contributed by atoms with van der Waals surface area (Å²) in [6.45, 7) is 3.05. The lowest BCUT2D eigenvalue weighted by atomic mass is 9.98. The normalized spacial score (nSPS) is 17.3. The Morgan fingerprint density at radius 3 is 2.89 bits per heavy atom. The Bertz CT molecular complexity index is 1010. The molecule has 138 valence electrons. The third kappa shape index (κ3) is 3.00. The summed E-state index contributed by atoms with van der Waals surface area (Å²) < 4.78 is 2.06. The number of allylic oxidation sites excluding steroid dienone is 2. The number of piperidine rings is 1. The van der Waals surface area contributed by atoms with Gasteiger partial charge in [0.05, 0.1) is 11.1 Å². The van der Waals surface area contributed by atoms with Crippen LogP contribution in [0.2, 0.25) is 0 Å². The summed E-state index contributed by atoms with van der Waals surface area (Å²) in [7, 11) is 0. The lowest BCUT2D eigenvalue weighted by Gasteiger charge is -2.22. The maximum atomic E-state index is 6.24. The summed E-state index contributed by atoms with van der Waals surface area (Å²) in [5.74, 6) is 1.16. The van der Waals surface area contributed by atoms with E-state index in [1.165, 1.54) is 29.5 Å². The summed E-state index contributed by atoms with van der Waals surface area (Å²) in [6, 6.07) is 8.60. The molecule has 1 aliphatic heterocycles. The van der Waals surface area contributed by atoms with Crippen LogP contribution < -0.4 is 11.1 Å². The van der Waals surface area contributed by atoms with Crippen LogP contribution in [0.3, 0.4) is 0 Å². The van der Waals surface area contributed by atoms with Gasteiger partial charge in [-0.3, -0.25) is 0 Å². The number of nitrogen functional groups attached to an aromatic ring is 1. The Morgan fingerprint density at radius 1 is 1.15 bits per heavy atom. The second-order valence-electron chi connectivity index (χ2n) is 7.55. The largest absolute Gasteiger partial charge is 0.383 e. The molecule has 0 radical (unpaired) electrons. The van der Waals surface area contributed by atoms with E-state index >= 15 is 0 Å². The first-order chi connectivity index (χ1) is 13.3.